The lowest BCUT2D eigenvalue weighted by atomic mass is 10.4. The molecule has 5 heteroatoms. The Morgan fingerprint density at radius 2 is 1.94 bits per heavy atom. The Kier molecular flexibility index (Phi) is 4.22. The van der Waals surface area contributed by atoms with E-state index in [2.05, 4.69) is 44.7 Å². The number of halogens is 1. The summed E-state index contributed by atoms with van der Waals surface area (Å²) >= 11 is 3.88. The molecule has 1 aromatic carbocycles. The molecule has 1 heterocycles. The molecule has 2 N–H and O–H groups in total. The fourth-order valence-corrected chi connectivity index (χ4v) is 2.39. The molecule has 0 aliphatic carbocycles. The highest BCUT2D eigenvalue weighted by Crippen LogP contribution is 2.22. The minimum absolute atomic E-state index is 0.571. The van der Waals surface area contributed by atoms with Gasteiger partial charge in [-0.3, -0.25) is 0 Å². The first-order chi connectivity index (χ1) is 8.16. The van der Waals surface area contributed by atoms with Crippen LogP contribution in [0.25, 0.3) is 0 Å². The molecule has 0 fully saturated rings. The Morgan fingerprint density at radius 3 is 2.59 bits per heavy atom. The van der Waals surface area contributed by atoms with Crippen LogP contribution in [-0.2, 0) is 5.75 Å². The van der Waals surface area contributed by atoms with E-state index in [1.165, 1.54) is 4.90 Å². The number of rotatable bonds is 3. The minimum Gasteiger partial charge on any atom is -0.383 e. The van der Waals surface area contributed by atoms with Crippen LogP contribution in [0.3, 0.4) is 0 Å². The van der Waals surface area contributed by atoms with E-state index in [9.17, 15) is 0 Å². The van der Waals surface area contributed by atoms with Crippen molar-refractivity contribution in [3.8, 4) is 0 Å². The number of thioether (sulfide) groups is 1. The normalized spacial score (nSPS) is 10.5. The summed E-state index contributed by atoms with van der Waals surface area (Å²) in [6.07, 6.45) is 0. The van der Waals surface area contributed by atoms with E-state index in [-0.39, 0.29) is 0 Å². The van der Waals surface area contributed by atoms with Gasteiger partial charge in [0.05, 0.1) is 15.0 Å². The van der Waals surface area contributed by atoms with E-state index in [1.807, 2.05) is 25.1 Å². The molecule has 0 aliphatic heterocycles. The Labute approximate surface area is 118 Å². The van der Waals surface area contributed by atoms with E-state index >= 15 is 0 Å². The predicted molar refractivity (Wildman–Crippen MR) is 79.9 cm³/mol. The molecule has 0 saturated carbocycles. The number of aryl methyl sites for hydroxylation is 1. The monoisotopic (exact) mass is 357 g/mol. The van der Waals surface area contributed by atoms with Crippen molar-refractivity contribution in [1.82, 2.24) is 9.97 Å². The number of aromatic nitrogens is 2. The van der Waals surface area contributed by atoms with Crippen molar-refractivity contribution < 1.29 is 0 Å². The van der Waals surface area contributed by atoms with Crippen LogP contribution in [0.1, 0.15) is 11.5 Å². The van der Waals surface area contributed by atoms with Gasteiger partial charge in [-0.2, -0.15) is 0 Å². The van der Waals surface area contributed by atoms with Crippen LogP contribution in [0.5, 0.6) is 0 Å². The van der Waals surface area contributed by atoms with Gasteiger partial charge in [0, 0.05) is 4.90 Å². The van der Waals surface area contributed by atoms with E-state index < -0.39 is 0 Å². The lowest BCUT2D eigenvalue weighted by Gasteiger charge is -2.05. The molecule has 0 saturated heterocycles. The zero-order valence-corrected chi connectivity index (χ0v) is 12.3. The second-order valence-electron chi connectivity index (χ2n) is 3.53. The highest BCUT2D eigenvalue weighted by Gasteiger charge is 2.06. The first-order valence-corrected chi connectivity index (χ1v) is 7.19. The van der Waals surface area contributed by atoms with Gasteiger partial charge in [0.25, 0.3) is 0 Å². The van der Waals surface area contributed by atoms with Crippen LogP contribution in [0.4, 0.5) is 5.82 Å². The summed E-state index contributed by atoms with van der Waals surface area (Å²) in [6.45, 7) is 1.95. The van der Waals surface area contributed by atoms with Crippen molar-refractivity contribution >= 4 is 40.2 Å². The maximum absolute atomic E-state index is 5.82. The molecular formula is C12H12IN3S. The third kappa shape index (κ3) is 3.32. The summed E-state index contributed by atoms with van der Waals surface area (Å²) in [4.78, 5) is 9.93. The second-order valence-corrected chi connectivity index (χ2v) is 5.65. The number of nitrogens with two attached hydrogens (primary N) is 1. The molecule has 0 bridgehead atoms. The van der Waals surface area contributed by atoms with Gasteiger partial charge in [-0.05, 0) is 41.6 Å². The molecule has 0 unspecified atom stereocenters. The van der Waals surface area contributed by atoms with E-state index in [0.717, 1.165) is 20.8 Å². The molecule has 3 nitrogen and oxygen atoms in total. The molecule has 88 valence electrons. The Hall–Kier alpha value is -0.820. The fourth-order valence-electron chi connectivity index (χ4n) is 1.37. The maximum Gasteiger partial charge on any atom is 0.141 e. The topological polar surface area (TPSA) is 51.8 Å². The van der Waals surface area contributed by atoms with Crippen molar-refractivity contribution in [3.63, 3.8) is 0 Å². The van der Waals surface area contributed by atoms with Crippen LogP contribution in [-0.4, -0.2) is 9.97 Å². The summed E-state index contributed by atoms with van der Waals surface area (Å²) in [5.41, 5.74) is 6.77. The Balaban J connectivity index is 2.10. The summed E-state index contributed by atoms with van der Waals surface area (Å²) in [7, 11) is 0. The summed E-state index contributed by atoms with van der Waals surface area (Å²) in [5.74, 6) is 2.10. The summed E-state index contributed by atoms with van der Waals surface area (Å²) < 4.78 is 0.941. The van der Waals surface area contributed by atoms with Gasteiger partial charge in [0.1, 0.15) is 11.6 Å². The number of hydrogen-bond acceptors (Lipinski definition) is 4. The summed E-state index contributed by atoms with van der Waals surface area (Å²) in [6, 6.07) is 10.2. The minimum atomic E-state index is 0.571. The molecule has 0 radical (unpaired) electrons. The lowest BCUT2D eigenvalue weighted by Crippen LogP contribution is -2.03. The van der Waals surface area contributed by atoms with Crippen LogP contribution >= 0.6 is 34.4 Å². The average molecular weight is 357 g/mol. The number of hydrogen-bond donors (Lipinski definition) is 1. The van der Waals surface area contributed by atoms with Crippen molar-refractivity contribution in [1.29, 1.82) is 0 Å². The van der Waals surface area contributed by atoms with Crippen molar-refractivity contribution in [2.75, 3.05) is 5.73 Å². The van der Waals surface area contributed by atoms with Crippen LogP contribution < -0.4 is 5.73 Å². The van der Waals surface area contributed by atoms with Gasteiger partial charge in [-0.15, -0.1) is 11.8 Å². The molecule has 0 amide bonds. The SMILES string of the molecule is Cc1nc(CSc2ccccc2)nc(N)c1I. The number of nitrogen functional groups attached to an aromatic ring is 1. The zero-order chi connectivity index (χ0) is 12.3. The molecule has 17 heavy (non-hydrogen) atoms. The van der Waals surface area contributed by atoms with Gasteiger partial charge in [-0.1, -0.05) is 18.2 Å². The first kappa shape index (κ1) is 12.6. The van der Waals surface area contributed by atoms with Crippen LogP contribution in [0, 0.1) is 10.5 Å². The highest BCUT2D eigenvalue weighted by atomic mass is 127. The third-order valence-corrected chi connectivity index (χ3v) is 4.54. The quantitative estimate of drug-likeness (QED) is 0.677. The first-order valence-electron chi connectivity index (χ1n) is 5.13. The van der Waals surface area contributed by atoms with Gasteiger partial charge < -0.3 is 5.73 Å². The molecule has 1 aromatic heterocycles. The smallest absolute Gasteiger partial charge is 0.141 e. The second kappa shape index (κ2) is 5.68. The van der Waals surface area contributed by atoms with E-state index in [4.69, 9.17) is 5.73 Å². The highest BCUT2D eigenvalue weighted by molar-refractivity contribution is 14.1. The number of benzene rings is 1. The van der Waals surface area contributed by atoms with E-state index in [1.54, 1.807) is 11.8 Å². The third-order valence-electron chi connectivity index (χ3n) is 2.20. The Bertz CT molecular complexity index is 493. The van der Waals surface area contributed by atoms with Gasteiger partial charge in [0.2, 0.25) is 0 Å². The summed E-state index contributed by atoms with van der Waals surface area (Å²) in [5, 5.41) is 0. The molecule has 0 spiro atoms. The molecule has 0 atom stereocenters. The predicted octanol–water partition coefficient (Wildman–Crippen LogP) is 3.26. The molecular weight excluding hydrogens is 345 g/mol. The zero-order valence-electron chi connectivity index (χ0n) is 9.35. The fraction of sp³-hybridized carbons (Fsp3) is 0.167. The van der Waals surface area contributed by atoms with Crippen LogP contribution in [0.2, 0.25) is 0 Å². The van der Waals surface area contributed by atoms with Gasteiger partial charge >= 0.3 is 0 Å². The largest absolute Gasteiger partial charge is 0.383 e. The lowest BCUT2D eigenvalue weighted by molar-refractivity contribution is 0.991. The number of nitrogens with zero attached hydrogens (tertiary/aromatic N) is 2. The van der Waals surface area contributed by atoms with Crippen molar-refractivity contribution in [2.45, 2.75) is 17.6 Å². The molecule has 0 aliphatic rings. The van der Waals surface area contributed by atoms with E-state index in [0.29, 0.717) is 5.82 Å². The number of anilines is 1. The van der Waals surface area contributed by atoms with Crippen molar-refractivity contribution in [2.24, 2.45) is 0 Å². The molecule has 2 aromatic rings. The van der Waals surface area contributed by atoms with Gasteiger partial charge in [0.15, 0.2) is 0 Å². The molecule has 2 rings (SSSR count). The Morgan fingerprint density at radius 1 is 1.24 bits per heavy atom. The standard InChI is InChI=1S/C12H12IN3S/c1-8-11(13)12(14)16-10(15-8)7-17-9-5-3-2-4-6-9/h2-6H,7H2,1H3,(H2,14,15,16). The van der Waals surface area contributed by atoms with Crippen molar-refractivity contribution in [3.05, 3.63) is 45.4 Å². The van der Waals surface area contributed by atoms with Crippen LogP contribution in [0.15, 0.2) is 35.2 Å². The van der Waals surface area contributed by atoms with Gasteiger partial charge in [-0.25, -0.2) is 9.97 Å². The average Bonchev–Trinajstić information content (AvgIpc) is 2.34. The maximum atomic E-state index is 5.82.